The summed E-state index contributed by atoms with van der Waals surface area (Å²) in [7, 11) is 0. The van der Waals surface area contributed by atoms with Crippen LogP contribution in [0.5, 0.6) is 0 Å². The summed E-state index contributed by atoms with van der Waals surface area (Å²) in [5.74, 6) is -0.0472. The molecule has 0 saturated carbocycles. The van der Waals surface area contributed by atoms with E-state index in [-0.39, 0.29) is 0 Å². The minimum Gasteiger partial charge on any atom is -0.408 e. The molecule has 5 aromatic rings. The van der Waals surface area contributed by atoms with Gasteiger partial charge in [0.15, 0.2) is 5.58 Å². The Morgan fingerprint density at radius 2 is 2.12 bits per heavy atom. The van der Waals surface area contributed by atoms with Crippen LogP contribution in [0.3, 0.4) is 0 Å². The van der Waals surface area contributed by atoms with E-state index in [2.05, 4.69) is 26.4 Å². The number of H-pyrrole nitrogens is 1. The summed E-state index contributed by atoms with van der Waals surface area (Å²) in [6.45, 7) is 0. The Balaban J connectivity index is 1.55. The van der Waals surface area contributed by atoms with Gasteiger partial charge in [-0.15, -0.1) is 5.10 Å². The number of benzene rings is 2. The number of nitrogens with zero attached hydrogens (tertiary/aromatic N) is 3. The predicted octanol–water partition coefficient (Wildman–Crippen LogP) is 3.37. The number of rotatable bonds is 3. The molecular formula is C19H12N5O2. The van der Waals surface area contributed by atoms with Crippen LogP contribution in [0.1, 0.15) is 0 Å². The van der Waals surface area contributed by atoms with Gasteiger partial charge in [0.1, 0.15) is 0 Å². The predicted molar refractivity (Wildman–Crippen MR) is 97.4 cm³/mol. The van der Waals surface area contributed by atoms with Crippen molar-refractivity contribution in [2.75, 3.05) is 5.32 Å². The maximum absolute atomic E-state index is 11.3. The lowest BCUT2D eigenvalue weighted by molar-refractivity contribution is 0.555. The van der Waals surface area contributed by atoms with Gasteiger partial charge in [0.25, 0.3) is 0 Å². The number of anilines is 2. The first kappa shape index (κ1) is 14.5. The van der Waals surface area contributed by atoms with Gasteiger partial charge in [0.05, 0.1) is 22.9 Å². The molecule has 0 aliphatic carbocycles. The van der Waals surface area contributed by atoms with Crippen molar-refractivity contribution < 1.29 is 4.42 Å². The number of hydrogen-bond donors (Lipinski definition) is 2. The Morgan fingerprint density at radius 1 is 1.15 bits per heavy atom. The third kappa shape index (κ3) is 2.42. The van der Waals surface area contributed by atoms with Crippen molar-refractivity contribution in [1.29, 1.82) is 0 Å². The molecule has 0 aliphatic rings. The monoisotopic (exact) mass is 342 g/mol. The molecule has 7 heteroatoms. The summed E-state index contributed by atoms with van der Waals surface area (Å²) < 4.78 is 6.90. The molecule has 1 radical (unpaired) electrons. The van der Waals surface area contributed by atoms with E-state index in [1.54, 1.807) is 18.3 Å². The zero-order valence-corrected chi connectivity index (χ0v) is 13.4. The van der Waals surface area contributed by atoms with E-state index in [1.807, 2.05) is 47.0 Å². The lowest BCUT2D eigenvalue weighted by Crippen LogP contribution is -2.02. The second-order valence-electron chi connectivity index (χ2n) is 5.76. The average Bonchev–Trinajstić information content (AvgIpc) is 3.24. The number of oxazole rings is 1. The van der Waals surface area contributed by atoms with Crippen molar-refractivity contribution in [3.8, 4) is 11.3 Å². The first-order valence-corrected chi connectivity index (χ1v) is 7.98. The summed E-state index contributed by atoms with van der Waals surface area (Å²) in [6, 6.07) is 20.2. The van der Waals surface area contributed by atoms with Crippen LogP contribution in [-0.2, 0) is 0 Å². The smallest absolute Gasteiger partial charge is 0.408 e. The summed E-state index contributed by atoms with van der Waals surface area (Å²) in [5.41, 5.74) is 4.60. The number of nitrogens with one attached hydrogen (secondary N) is 2. The summed E-state index contributed by atoms with van der Waals surface area (Å²) in [5, 5.41) is 7.70. The van der Waals surface area contributed by atoms with Gasteiger partial charge in [-0.3, -0.25) is 4.98 Å². The quantitative estimate of drug-likeness (QED) is 0.525. The molecule has 0 fully saturated rings. The molecule has 2 aromatic carbocycles. The number of fused-ring (bicyclic) bond motifs is 2. The molecule has 0 unspecified atom stereocenters. The lowest BCUT2D eigenvalue weighted by Gasteiger charge is -2.06. The summed E-state index contributed by atoms with van der Waals surface area (Å²) in [6.07, 6.45) is 1.75. The Hall–Kier alpha value is -3.87. The van der Waals surface area contributed by atoms with E-state index in [1.165, 1.54) is 0 Å². The molecular weight excluding hydrogens is 330 g/mol. The van der Waals surface area contributed by atoms with Crippen molar-refractivity contribution in [3.63, 3.8) is 0 Å². The van der Waals surface area contributed by atoms with Crippen molar-refractivity contribution in [1.82, 2.24) is 19.6 Å². The van der Waals surface area contributed by atoms with Gasteiger partial charge in [-0.05, 0) is 30.3 Å². The fraction of sp³-hybridized carbons (Fsp3) is 0. The van der Waals surface area contributed by atoms with Crippen molar-refractivity contribution in [2.24, 2.45) is 0 Å². The van der Waals surface area contributed by atoms with E-state index in [0.29, 0.717) is 17.0 Å². The molecule has 5 rings (SSSR count). The zero-order chi connectivity index (χ0) is 17.5. The van der Waals surface area contributed by atoms with Gasteiger partial charge in [0, 0.05) is 17.3 Å². The average molecular weight is 342 g/mol. The highest BCUT2D eigenvalue weighted by Gasteiger charge is 2.08. The van der Waals surface area contributed by atoms with Gasteiger partial charge >= 0.3 is 5.76 Å². The molecule has 7 nitrogen and oxygen atoms in total. The number of aromatic amines is 1. The van der Waals surface area contributed by atoms with Crippen molar-refractivity contribution in [2.45, 2.75) is 0 Å². The van der Waals surface area contributed by atoms with Crippen LogP contribution >= 0.6 is 0 Å². The highest BCUT2D eigenvalue weighted by atomic mass is 16.4. The molecule has 0 atom stereocenters. The van der Waals surface area contributed by atoms with E-state index >= 15 is 0 Å². The first-order chi connectivity index (χ1) is 12.8. The maximum Gasteiger partial charge on any atom is 0.417 e. The topological polar surface area (TPSA) is 88.2 Å². The third-order valence-electron chi connectivity index (χ3n) is 4.06. The molecule has 0 aliphatic heterocycles. The van der Waals surface area contributed by atoms with E-state index in [0.717, 1.165) is 22.5 Å². The normalized spacial score (nSPS) is 11.2. The first-order valence-electron chi connectivity index (χ1n) is 7.98. The number of aromatic nitrogens is 4. The highest BCUT2D eigenvalue weighted by molar-refractivity contribution is 5.77. The minimum absolute atomic E-state index is 0.433. The molecule has 2 N–H and O–H groups in total. The van der Waals surface area contributed by atoms with Crippen molar-refractivity contribution in [3.05, 3.63) is 77.4 Å². The molecule has 0 amide bonds. The minimum atomic E-state index is -0.481. The van der Waals surface area contributed by atoms with Gasteiger partial charge < -0.3 is 9.73 Å². The maximum atomic E-state index is 11.3. The van der Waals surface area contributed by atoms with Gasteiger partial charge in [-0.25, -0.2) is 14.3 Å². The fourth-order valence-corrected chi connectivity index (χ4v) is 2.87. The van der Waals surface area contributed by atoms with E-state index < -0.39 is 5.76 Å². The zero-order valence-electron chi connectivity index (χ0n) is 13.4. The van der Waals surface area contributed by atoms with Crippen LogP contribution in [0, 0.1) is 6.07 Å². The third-order valence-corrected chi connectivity index (χ3v) is 4.06. The Kier molecular flexibility index (Phi) is 3.11. The van der Waals surface area contributed by atoms with Crippen LogP contribution in [0.25, 0.3) is 27.9 Å². The Labute approximate surface area is 146 Å². The molecule has 125 valence electrons. The van der Waals surface area contributed by atoms with Crippen LogP contribution < -0.4 is 11.1 Å². The lowest BCUT2D eigenvalue weighted by atomic mass is 10.2. The molecule has 3 aromatic heterocycles. The second kappa shape index (κ2) is 5.59. The summed E-state index contributed by atoms with van der Waals surface area (Å²) in [4.78, 5) is 18.2. The summed E-state index contributed by atoms with van der Waals surface area (Å²) >= 11 is 0. The molecule has 26 heavy (non-hydrogen) atoms. The van der Waals surface area contributed by atoms with E-state index in [4.69, 9.17) is 4.42 Å². The Morgan fingerprint density at radius 3 is 3.00 bits per heavy atom. The molecule has 0 saturated heterocycles. The molecule has 0 bridgehead atoms. The highest BCUT2D eigenvalue weighted by Crippen LogP contribution is 2.23. The van der Waals surface area contributed by atoms with E-state index in [9.17, 15) is 4.79 Å². The standard InChI is InChI=1S/C19H12N5O2/c25-19-22-15-8-6-13(10-17(15)26-19)21-18-20-11-14-7-9-16(24(14)23-18)12-4-2-1-3-5-12/h1-4,6-11H,(H,21,23)(H,22,25). The van der Waals surface area contributed by atoms with Gasteiger partial charge in [0.2, 0.25) is 5.95 Å². The van der Waals surface area contributed by atoms with Crippen LogP contribution in [0.4, 0.5) is 11.6 Å². The Bertz CT molecular complexity index is 1280. The van der Waals surface area contributed by atoms with Gasteiger partial charge in [-0.1, -0.05) is 24.3 Å². The van der Waals surface area contributed by atoms with Crippen LogP contribution in [0.15, 0.2) is 70.0 Å². The van der Waals surface area contributed by atoms with Crippen molar-refractivity contribution >= 4 is 28.3 Å². The molecule has 3 heterocycles. The number of hydrogen-bond acceptors (Lipinski definition) is 5. The van der Waals surface area contributed by atoms with Crippen LogP contribution in [0.2, 0.25) is 0 Å². The second-order valence-corrected chi connectivity index (χ2v) is 5.76. The van der Waals surface area contributed by atoms with Gasteiger partial charge in [-0.2, -0.15) is 0 Å². The fourth-order valence-electron chi connectivity index (χ4n) is 2.87. The SMILES string of the molecule is O=c1[nH]c2ccc(Nc3ncc4ccc(-c5[c]cccc5)n4n3)cc2o1. The van der Waals surface area contributed by atoms with Crippen LogP contribution in [-0.4, -0.2) is 19.6 Å². The largest absolute Gasteiger partial charge is 0.417 e. The molecule has 0 spiro atoms.